The average molecular weight is 447 g/mol. The first-order chi connectivity index (χ1) is 15.1. The Labute approximate surface area is 182 Å². The number of carbonyl (C=O) groups excluding carboxylic acids is 3. The van der Waals surface area contributed by atoms with E-state index in [-0.39, 0.29) is 19.3 Å². The Hall–Kier alpha value is -3.93. The molecule has 0 saturated carbocycles. The summed E-state index contributed by atoms with van der Waals surface area (Å²) in [7, 11) is 0. The maximum absolute atomic E-state index is 12.6. The molecule has 0 radical (unpaired) electrons. The van der Waals surface area contributed by atoms with Gasteiger partial charge in [-0.15, -0.1) is 0 Å². The normalized spacial score (nSPS) is 13.7. The Kier molecular flexibility index (Phi) is 8.30. The predicted molar refractivity (Wildman–Crippen MR) is 112 cm³/mol. The zero-order valence-corrected chi connectivity index (χ0v) is 17.0. The predicted octanol–water partition coefficient (Wildman–Crippen LogP) is -1.17. The second-order valence-electron chi connectivity index (χ2n) is 7.23. The topological polar surface area (TPSA) is 218 Å². The Morgan fingerprint density at radius 3 is 2.28 bits per heavy atom. The van der Waals surface area contributed by atoms with Crippen LogP contribution in [0.5, 0.6) is 0 Å². The van der Waals surface area contributed by atoms with E-state index in [2.05, 4.69) is 15.6 Å². The SMILES string of the molecule is NC(=O)CCC(N)C(=O)NC(CC(=O)O)C(=O)NC(Cc1c[nH]c2ccccc12)C(=O)O. The smallest absolute Gasteiger partial charge is 0.326 e. The van der Waals surface area contributed by atoms with E-state index in [0.717, 1.165) is 10.9 Å². The number of amides is 3. The minimum absolute atomic E-state index is 0.0725. The molecule has 1 aromatic carbocycles. The van der Waals surface area contributed by atoms with Crippen LogP contribution in [0.15, 0.2) is 30.5 Å². The number of para-hydroxylation sites is 1. The zero-order chi connectivity index (χ0) is 23.8. The monoisotopic (exact) mass is 447 g/mol. The van der Waals surface area contributed by atoms with Crippen LogP contribution >= 0.6 is 0 Å². The molecule has 0 aliphatic heterocycles. The number of aromatic amines is 1. The molecule has 172 valence electrons. The summed E-state index contributed by atoms with van der Waals surface area (Å²) in [4.78, 5) is 61.6. The molecule has 9 N–H and O–H groups in total. The molecule has 2 rings (SSSR count). The zero-order valence-electron chi connectivity index (χ0n) is 17.0. The summed E-state index contributed by atoms with van der Waals surface area (Å²) < 4.78 is 0. The number of hydrogen-bond donors (Lipinski definition) is 7. The van der Waals surface area contributed by atoms with E-state index in [1.165, 1.54) is 0 Å². The number of H-pyrrole nitrogens is 1. The molecule has 32 heavy (non-hydrogen) atoms. The van der Waals surface area contributed by atoms with Crippen LogP contribution in [0.4, 0.5) is 0 Å². The van der Waals surface area contributed by atoms with E-state index in [0.29, 0.717) is 5.56 Å². The van der Waals surface area contributed by atoms with Crippen LogP contribution in [0, 0.1) is 0 Å². The van der Waals surface area contributed by atoms with Crippen molar-refractivity contribution in [1.29, 1.82) is 0 Å². The number of primary amides is 1. The van der Waals surface area contributed by atoms with Crippen LogP contribution in [-0.2, 0) is 30.4 Å². The van der Waals surface area contributed by atoms with Gasteiger partial charge in [-0.1, -0.05) is 18.2 Å². The summed E-state index contributed by atoms with van der Waals surface area (Å²) in [6.45, 7) is 0. The minimum atomic E-state index is -1.57. The molecule has 0 aliphatic carbocycles. The van der Waals surface area contributed by atoms with Gasteiger partial charge in [0, 0.05) is 29.9 Å². The van der Waals surface area contributed by atoms with Crippen LogP contribution in [-0.4, -0.2) is 63.0 Å². The van der Waals surface area contributed by atoms with Gasteiger partial charge >= 0.3 is 11.9 Å². The van der Waals surface area contributed by atoms with Crippen LogP contribution < -0.4 is 22.1 Å². The highest BCUT2D eigenvalue weighted by Gasteiger charge is 2.30. The van der Waals surface area contributed by atoms with Crippen LogP contribution in [0.1, 0.15) is 24.8 Å². The molecule has 3 amide bonds. The Morgan fingerprint density at radius 1 is 1.00 bits per heavy atom. The lowest BCUT2D eigenvalue weighted by Crippen LogP contribution is -2.55. The number of aliphatic carboxylic acids is 2. The lowest BCUT2D eigenvalue weighted by atomic mass is 10.0. The molecule has 0 saturated heterocycles. The van der Waals surface area contributed by atoms with Crippen molar-refractivity contribution in [2.24, 2.45) is 11.5 Å². The molecule has 3 unspecified atom stereocenters. The van der Waals surface area contributed by atoms with Crippen molar-refractivity contribution in [1.82, 2.24) is 15.6 Å². The van der Waals surface area contributed by atoms with E-state index < -0.39 is 54.2 Å². The number of nitrogens with two attached hydrogens (primary N) is 2. The molecular formula is C20H25N5O7. The number of rotatable bonds is 12. The highest BCUT2D eigenvalue weighted by Crippen LogP contribution is 2.19. The molecule has 12 heteroatoms. The highest BCUT2D eigenvalue weighted by atomic mass is 16.4. The van der Waals surface area contributed by atoms with Gasteiger partial charge in [0.15, 0.2) is 0 Å². The van der Waals surface area contributed by atoms with Gasteiger partial charge in [0.2, 0.25) is 17.7 Å². The number of fused-ring (bicyclic) bond motifs is 1. The third-order valence-electron chi connectivity index (χ3n) is 4.76. The summed E-state index contributed by atoms with van der Waals surface area (Å²) in [6, 6.07) is 3.06. The van der Waals surface area contributed by atoms with Crippen LogP contribution in [0.25, 0.3) is 10.9 Å². The van der Waals surface area contributed by atoms with Gasteiger partial charge in [0.1, 0.15) is 12.1 Å². The number of carboxylic acids is 2. The van der Waals surface area contributed by atoms with Gasteiger partial charge in [-0.25, -0.2) is 4.79 Å². The molecule has 3 atom stereocenters. The molecule has 0 bridgehead atoms. The number of aromatic nitrogens is 1. The summed E-state index contributed by atoms with van der Waals surface area (Å²) in [5, 5.41) is 23.9. The van der Waals surface area contributed by atoms with Crippen molar-refractivity contribution in [2.45, 2.75) is 43.8 Å². The van der Waals surface area contributed by atoms with Gasteiger partial charge in [0.05, 0.1) is 12.5 Å². The standard InChI is InChI=1S/C20H25N5O7/c21-12(5-6-16(22)26)18(29)24-14(8-17(27)28)19(30)25-15(20(31)32)7-10-9-23-13-4-2-1-3-11(10)13/h1-4,9,12,14-15,23H,5-8,21H2,(H2,22,26)(H,24,29)(H,25,30)(H,27,28)(H,31,32). The lowest BCUT2D eigenvalue weighted by molar-refractivity contribution is -0.143. The molecule has 0 aliphatic rings. The first kappa shape index (κ1) is 24.3. The van der Waals surface area contributed by atoms with Gasteiger partial charge in [-0.2, -0.15) is 0 Å². The average Bonchev–Trinajstić information content (AvgIpc) is 3.13. The molecule has 12 nitrogen and oxygen atoms in total. The van der Waals surface area contributed by atoms with Gasteiger partial charge < -0.3 is 37.3 Å². The summed E-state index contributed by atoms with van der Waals surface area (Å²) in [5.41, 5.74) is 12.1. The van der Waals surface area contributed by atoms with Crippen molar-refractivity contribution in [3.8, 4) is 0 Å². The molecule has 0 spiro atoms. The van der Waals surface area contributed by atoms with E-state index in [1.54, 1.807) is 18.3 Å². The second-order valence-corrected chi connectivity index (χ2v) is 7.23. The molecular weight excluding hydrogens is 422 g/mol. The maximum Gasteiger partial charge on any atom is 0.326 e. The molecule has 2 aromatic rings. The van der Waals surface area contributed by atoms with Crippen molar-refractivity contribution in [2.75, 3.05) is 0 Å². The fourth-order valence-corrected chi connectivity index (χ4v) is 3.08. The number of nitrogens with one attached hydrogen (secondary N) is 3. The van der Waals surface area contributed by atoms with Gasteiger partial charge in [-0.3, -0.25) is 19.2 Å². The Morgan fingerprint density at radius 2 is 1.66 bits per heavy atom. The van der Waals surface area contributed by atoms with Gasteiger partial charge in [0.25, 0.3) is 0 Å². The molecule has 0 fully saturated rings. The fourth-order valence-electron chi connectivity index (χ4n) is 3.08. The molecule has 1 heterocycles. The van der Waals surface area contributed by atoms with Gasteiger partial charge in [-0.05, 0) is 18.1 Å². The summed E-state index contributed by atoms with van der Waals surface area (Å²) >= 11 is 0. The van der Waals surface area contributed by atoms with Crippen LogP contribution in [0.2, 0.25) is 0 Å². The number of hydrogen-bond acceptors (Lipinski definition) is 6. The van der Waals surface area contributed by atoms with Crippen molar-refractivity contribution >= 4 is 40.6 Å². The Balaban J connectivity index is 2.11. The number of benzene rings is 1. The molecule has 1 aromatic heterocycles. The first-order valence-corrected chi connectivity index (χ1v) is 9.72. The Bertz CT molecular complexity index is 1020. The summed E-state index contributed by atoms with van der Waals surface area (Å²) in [5.74, 6) is -5.25. The van der Waals surface area contributed by atoms with Crippen molar-refractivity contribution in [3.63, 3.8) is 0 Å². The van der Waals surface area contributed by atoms with Crippen molar-refractivity contribution < 1.29 is 34.2 Å². The maximum atomic E-state index is 12.6. The number of carbonyl (C=O) groups is 5. The highest BCUT2D eigenvalue weighted by molar-refractivity contribution is 5.94. The first-order valence-electron chi connectivity index (χ1n) is 9.72. The largest absolute Gasteiger partial charge is 0.481 e. The van der Waals surface area contributed by atoms with E-state index in [9.17, 15) is 29.1 Å². The number of carboxylic acid groups (broad SMARTS) is 2. The van der Waals surface area contributed by atoms with Crippen molar-refractivity contribution in [3.05, 3.63) is 36.0 Å². The lowest BCUT2D eigenvalue weighted by Gasteiger charge is -2.22. The minimum Gasteiger partial charge on any atom is -0.481 e. The van der Waals surface area contributed by atoms with E-state index >= 15 is 0 Å². The summed E-state index contributed by atoms with van der Waals surface area (Å²) in [6.07, 6.45) is 0.495. The van der Waals surface area contributed by atoms with E-state index in [1.807, 2.05) is 12.1 Å². The second kappa shape index (κ2) is 10.9. The third kappa shape index (κ3) is 6.80. The van der Waals surface area contributed by atoms with Crippen LogP contribution in [0.3, 0.4) is 0 Å². The quantitative estimate of drug-likeness (QED) is 0.210. The fraction of sp³-hybridized carbons (Fsp3) is 0.350. The third-order valence-corrected chi connectivity index (χ3v) is 4.76. The van der Waals surface area contributed by atoms with E-state index in [4.69, 9.17) is 16.6 Å².